The molecule has 0 bridgehead atoms. The second-order valence-electron chi connectivity index (χ2n) is 10.4. The third-order valence-electron chi connectivity index (χ3n) is 7.06. The van der Waals surface area contributed by atoms with Crippen LogP contribution in [0.15, 0.2) is 107 Å². The largest absolute Gasteiger partial charge is 0.266 e. The van der Waals surface area contributed by atoms with Gasteiger partial charge in [0.25, 0.3) is 20.0 Å². The molecule has 0 saturated carbocycles. The highest BCUT2D eigenvalue weighted by Crippen LogP contribution is 2.28. The van der Waals surface area contributed by atoms with Gasteiger partial charge < -0.3 is 0 Å². The molecule has 0 fully saturated rings. The van der Waals surface area contributed by atoms with E-state index in [0.29, 0.717) is 54.4 Å². The molecule has 0 heterocycles. The molecule has 0 spiro atoms. The molecule has 0 atom stereocenters. The molecule has 4 aromatic carbocycles. The fourth-order valence-electron chi connectivity index (χ4n) is 4.65. The van der Waals surface area contributed by atoms with E-state index in [9.17, 15) is 16.8 Å². The second kappa shape index (κ2) is 14.9. The van der Waals surface area contributed by atoms with E-state index in [0.717, 1.165) is 22.3 Å². The number of anilines is 2. The molecule has 0 aliphatic carbocycles. The average Bonchev–Trinajstić information content (AvgIpc) is 2.99. The Morgan fingerprint density at radius 1 is 0.512 bits per heavy atom. The Hall–Kier alpha value is -2.66. The SMILES string of the molecule is Cc1ccc(S(=O)(=O)N(CCCBr)c2ccc(Cc3ccc(N(CCCBr)S(=O)(=O)c4ccc(C)cc4)cc3)cc2)cc1. The minimum atomic E-state index is -3.71. The van der Waals surface area contributed by atoms with Crippen LogP contribution < -0.4 is 8.61 Å². The number of sulfonamides is 2. The number of rotatable bonds is 14. The van der Waals surface area contributed by atoms with Gasteiger partial charge in [-0.2, -0.15) is 0 Å². The van der Waals surface area contributed by atoms with Crippen LogP contribution in [0.2, 0.25) is 0 Å². The molecule has 0 aromatic heterocycles. The lowest BCUT2D eigenvalue weighted by Crippen LogP contribution is -2.32. The summed E-state index contributed by atoms with van der Waals surface area (Å²) in [6, 6.07) is 29.0. The zero-order valence-corrected chi connectivity index (χ0v) is 29.1. The van der Waals surface area contributed by atoms with Crippen molar-refractivity contribution >= 4 is 63.3 Å². The monoisotopic (exact) mass is 746 g/mol. The summed E-state index contributed by atoms with van der Waals surface area (Å²) >= 11 is 6.85. The molecule has 0 N–H and O–H groups in total. The zero-order chi connectivity index (χ0) is 31.0. The van der Waals surface area contributed by atoms with Crippen molar-refractivity contribution in [2.45, 2.75) is 42.9 Å². The van der Waals surface area contributed by atoms with Crippen LogP contribution in [-0.2, 0) is 26.5 Å². The number of alkyl halides is 2. The van der Waals surface area contributed by atoms with Crippen molar-refractivity contribution in [1.29, 1.82) is 0 Å². The quantitative estimate of drug-likeness (QED) is 0.123. The van der Waals surface area contributed by atoms with Gasteiger partial charge in [-0.3, -0.25) is 8.61 Å². The van der Waals surface area contributed by atoms with Crippen molar-refractivity contribution in [1.82, 2.24) is 0 Å². The normalized spacial score (nSPS) is 11.8. The summed E-state index contributed by atoms with van der Waals surface area (Å²) in [7, 11) is -7.43. The lowest BCUT2D eigenvalue weighted by molar-refractivity contribution is 0.588. The van der Waals surface area contributed by atoms with Gasteiger partial charge in [0, 0.05) is 23.7 Å². The molecule has 228 valence electrons. The van der Waals surface area contributed by atoms with Crippen LogP contribution in [0, 0.1) is 13.8 Å². The van der Waals surface area contributed by atoms with Crippen molar-refractivity contribution in [2.24, 2.45) is 0 Å². The predicted molar refractivity (Wildman–Crippen MR) is 184 cm³/mol. The first-order valence-corrected chi connectivity index (χ1v) is 19.2. The van der Waals surface area contributed by atoms with E-state index >= 15 is 0 Å². The van der Waals surface area contributed by atoms with Gasteiger partial charge in [-0.05, 0) is 92.8 Å². The number of nitrogens with zero attached hydrogens (tertiary/aromatic N) is 2. The predicted octanol–water partition coefficient (Wildman–Crippen LogP) is 7.85. The zero-order valence-electron chi connectivity index (χ0n) is 24.3. The molecule has 0 radical (unpaired) electrons. The van der Waals surface area contributed by atoms with Gasteiger partial charge in [-0.1, -0.05) is 91.5 Å². The van der Waals surface area contributed by atoms with E-state index < -0.39 is 20.0 Å². The van der Waals surface area contributed by atoms with Crippen LogP contribution in [0.25, 0.3) is 0 Å². The first kappa shape index (κ1) is 33.2. The van der Waals surface area contributed by atoms with E-state index in [1.165, 1.54) is 8.61 Å². The Morgan fingerprint density at radius 3 is 1.14 bits per heavy atom. The maximum atomic E-state index is 13.5. The number of aryl methyl sites for hydroxylation is 2. The lowest BCUT2D eigenvalue weighted by atomic mass is 10.0. The van der Waals surface area contributed by atoms with Crippen molar-refractivity contribution < 1.29 is 16.8 Å². The van der Waals surface area contributed by atoms with Gasteiger partial charge >= 0.3 is 0 Å². The van der Waals surface area contributed by atoms with E-state index in [2.05, 4.69) is 31.9 Å². The van der Waals surface area contributed by atoms with Gasteiger partial charge in [-0.15, -0.1) is 0 Å². The van der Waals surface area contributed by atoms with Crippen molar-refractivity contribution in [3.8, 4) is 0 Å². The highest BCUT2D eigenvalue weighted by atomic mass is 79.9. The molecule has 0 unspecified atom stereocenters. The molecule has 10 heteroatoms. The second-order valence-corrected chi connectivity index (χ2v) is 15.7. The van der Waals surface area contributed by atoms with Crippen molar-refractivity contribution in [2.75, 3.05) is 32.4 Å². The first-order valence-electron chi connectivity index (χ1n) is 14.0. The van der Waals surface area contributed by atoms with Crippen molar-refractivity contribution in [3.63, 3.8) is 0 Å². The summed E-state index contributed by atoms with van der Waals surface area (Å²) in [6.45, 7) is 4.58. The molecule has 4 rings (SSSR count). The minimum absolute atomic E-state index is 0.270. The molecular formula is C33H36Br2N2O4S2. The number of hydrogen-bond acceptors (Lipinski definition) is 4. The molecule has 0 amide bonds. The molecule has 0 aliphatic heterocycles. The molecule has 0 aliphatic rings. The van der Waals surface area contributed by atoms with Crippen LogP contribution in [-0.4, -0.2) is 40.6 Å². The Morgan fingerprint density at radius 2 is 0.837 bits per heavy atom. The Balaban J connectivity index is 1.53. The number of halogens is 2. The lowest BCUT2D eigenvalue weighted by Gasteiger charge is -2.25. The average molecular weight is 749 g/mol. The fourth-order valence-corrected chi connectivity index (χ4v) is 8.16. The molecule has 0 saturated heterocycles. The van der Waals surface area contributed by atoms with Gasteiger partial charge in [0.05, 0.1) is 21.2 Å². The highest BCUT2D eigenvalue weighted by molar-refractivity contribution is 9.09. The first-order chi connectivity index (χ1) is 20.6. The minimum Gasteiger partial charge on any atom is -0.266 e. The summed E-state index contributed by atoms with van der Waals surface area (Å²) in [4.78, 5) is 0.540. The van der Waals surface area contributed by atoms with Crippen LogP contribution in [0.1, 0.15) is 35.1 Å². The number of benzene rings is 4. The summed E-state index contributed by atoms with van der Waals surface area (Å²) in [5.74, 6) is 0. The Bertz CT molecular complexity index is 1560. The number of hydrogen-bond donors (Lipinski definition) is 0. The summed E-state index contributed by atoms with van der Waals surface area (Å²) in [5.41, 5.74) is 5.28. The fraction of sp³-hybridized carbons (Fsp3) is 0.273. The third-order valence-corrected chi connectivity index (χ3v) is 11.9. The maximum Gasteiger partial charge on any atom is 0.264 e. The molecule has 43 heavy (non-hydrogen) atoms. The standard InChI is InChI=1S/C33H36Br2N2O4S2/c1-26-5-17-32(18-6-26)42(38,39)36(23-3-21-34)30-13-9-28(10-14-30)25-29-11-15-31(16-12-29)37(24-4-22-35)43(40,41)33-19-7-27(2)8-20-33/h5-20H,3-4,21-25H2,1-2H3. The summed E-state index contributed by atoms with van der Waals surface area (Å²) < 4.78 is 57.0. The molecular weight excluding hydrogens is 712 g/mol. The third kappa shape index (κ3) is 8.29. The molecule has 6 nitrogen and oxygen atoms in total. The summed E-state index contributed by atoms with van der Waals surface area (Å²) in [5, 5.41) is 1.39. The van der Waals surface area contributed by atoms with Gasteiger partial charge in [0.2, 0.25) is 0 Å². The van der Waals surface area contributed by atoms with Crippen LogP contribution in [0.5, 0.6) is 0 Å². The van der Waals surface area contributed by atoms with Gasteiger partial charge in [0.15, 0.2) is 0 Å². The maximum absolute atomic E-state index is 13.5. The van der Waals surface area contributed by atoms with Crippen LogP contribution in [0.3, 0.4) is 0 Å². The van der Waals surface area contributed by atoms with E-state index in [-0.39, 0.29) is 9.79 Å². The molecule has 4 aromatic rings. The van der Waals surface area contributed by atoms with Gasteiger partial charge in [-0.25, -0.2) is 16.8 Å². The Labute approximate surface area is 273 Å². The highest BCUT2D eigenvalue weighted by Gasteiger charge is 2.26. The van der Waals surface area contributed by atoms with Crippen LogP contribution in [0.4, 0.5) is 11.4 Å². The van der Waals surface area contributed by atoms with E-state index in [4.69, 9.17) is 0 Å². The van der Waals surface area contributed by atoms with E-state index in [1.54, 1.807) is 24.3 Å². The van der Waals surface area contributed by atoms with Crippen molar-refractivity contribution in [3.05, 3.63) is 119 Å². The van der Waals surface area contributed by atoms with Gasteiger partial charge in [0.1, 0.15) is 0 Å². The Kier molecular flexibility index (Phi) is 11.5. The smallest absolute Gasteiger partial charge is 0.264 e. The topological polar surface area (TPSA) is 74.8 Å². The van der Waals surface area contributed by atoms with E-state index in [1.807, 2.05) is 86.6 Å². The van der Waals surface area contributed by atoms with Crippen LogP contribution >= 0.6 is 31.9 Å². The summed E-state index contributed by atoms with van der Waals surface area (Å²) in [6.07, 6.45) is 1.97.